The lowest BCUT2D eigenvalue weighted by Crippen LogP contribution is -2.31. The highest BCUT2D eigenvalue weighted by Gasteiger charge is 2.22. The number of carbonyl (C=O) groups excluding carboxylic acids is 1. The Hall–Kier alpha value is -2.38. The molecule has 2 heterocycles. The third-order valence-electron chi connectivity index (χ3n) is 2.65. The summed E-state index contributed by atoms with van der Waals surface area (Å²) in [4.78, 5) is 22.8. The monoisotopic (exact) mass is 248 g/mol. The van der Waals surface area contributed by atoms with Crippen LogP contribution < -0.4 is 16.3 Å². The van der Waals surface area contributed by atoms with E-state index in [-0.39, 0.29) is 12.5 Å². The van der Waals surface area contributed by atoms with Crippen LogP contribution in [-0.4, -0.2) is 38.3 Å². The Labute approximate surface area is 101 Å². The van der Waals surface area contributed by atoms with Crippen molar-refractivity contribution in [3.63, 3.8) is 0 Å². The van der Waals surface area contributed by atoms with Crippen molar-refractivity contribution >= 4 is 17.4 Å². The minimum Gasteiger partial charge on any atom is -0.360 e. The van der Waals surface area contributed by atoms with E-state index in [1.165, 1.54) is 0 Å². The second kappa shape index (κ2) is 4.13. The van der Waals surface area contributed by atoms with Gasteiger partial charge in [-0.05, 0) is 25.0 Å². The Bertz CT molecular complexity index is 641. The molecule has 1 amide bonds. The van der Waals surface area contributed by atoms with Gasteiger partial charge < -0.3 is 10.6 Å². The molecular weight excluding hydrogens is 236 g/mol. The van der Waals surface area contributed by atoms with Gasteiger partial charge in [0.05, 0.1) is 6.54 Å². The molecule has 8 heteroatoms. The Morgan fingerprint density at radius 2 is 2.33 bits per heavy atom. The molecule has 0 unspecified atom stereocenters. The lowest BCUT2D eigenvalue weighted by molar-refractivity contribution is -0.119. The highest BCUT2D eigenvalue weighted by atomic mass is 16.2. The Balaban J connectivity index is 1.68. The van der Waals surface area contributed by atoms with E-state index in [0.29, 0.717) is 17.5 Å². The Kier molecular flexibility index (Phi) is 2.47. The molecule has 94 valence electrons. The van der Waals surface area contributed by atoms with Crippen molar-refractivity contribution in [2.75, 3.05) is 11.9 Å². The number of H-pyrrole nitrogens is 1. The Morgan fingerprint density at radius 1 is 1.50 bits per heavy atom. The highest BCUT2D eigenvalue weighted by Crippen LogP contribution is 2.18. The summed E-state index contributed by atoms with van der Waals surface area (Å²) in [5.74, 6) is 0.385. The van der Waals surface area contributed by atoms with Gasteiger partial charge in [-0.2, -0.15) is 9.61 Å². The normalized spacial score (nSPS) is 14.7. The number of rotatable bonds is 4. The first kappa shape index (κ1) is 10.8. The fourth-order valence-corrected chi connectivity index (χ4v) is 1.57. The zero-order chi connectivity index (χ0) is 12.5. The summed E-state index contributed by atoms with van der Waals surface area (Å²) in [7, 11) is 0. The molecule has 0 saturated heterocycles. The number of carbonyl (C=O) groups is 1. The van der Waals surface area contributed by atoms with Gasteiger partial charge in [-0.25, -0.2) is 9.89 Å². The SMILES string of the molecule is O=C(CNc1ccc2n[nH]c(=O)n2n1)NC1CC1. The predicted octanol–water partition coefficient (Wildman–Crippen LogP) is -0.892. The molecule has 2 aromatic rings. The van der Waals surface area contributed by atoms with Gasteiger partial charge >= 0.3 is 5.69 Å². The number of aromatic nitrogens is 4. The van der Waals surface area contributed by atoms with E-state index in [9.17, 15) is 9.59 Å². The number of hydrogen-bond donors (Lipinski definition) is 3. The molecule has 0 aliphatic heterocycles. The molecular formula is C10H12N6O2. The van der Waals surface area contributed by atoms with Crippen molar-refractivity contribution in [2.24, 2.45) is 0 Å². The highest BCUT2D eigenvalue weighted by molar-refractivity contribution is 5.80. The zero-order valence-corrected chi connectivity index (χ0v) is 9.51. The van der Waals surface area contributed by atoms with E-state index in [0.717, 1.165) is 17.4 Å². The van der Waals surface area contributed by atoms with Crippen LogP contribution in [0.3, 0.4) is 0 Å². The number of anilines is 1. The predicted molar refractivity (Wildman–Crippen MR) is 63.3 cm³/mol. The maximum absolute atomic E-state index is 11.5. The van der Waals surface area contributed by atoms with E-state index in [2.05, 4.69) is 25.9 Å². The van der Waals surface area contributed by atoms with Gasteiger partial charge in [-0.15, -0.1) is 5.10 Å². The van der Waals surface area contributed by atoms with Crippen LogP contribution in [0.15, 0.2) is 16.9 Å². The standard InChI is InChI=1S/C10H12N6O2/c17-9(12-6-1-2-6)5-11-7-3-4-8-13-14-10(18)16(8)15-7/h3-4,6H,1-2,5H2,(H,11,15)(H,12,17)(H,14,18). The fourth-order valence-electron chi connectivity index (χ4n) is 1.57. The molecule has 1 saturated carbocycles. The van der Waals surface area contributed by atoms with Crippen molar-refractivity contribution in [1.29, 1.82) is 0 Å². The van der Waals surface area contributed by atoms with Crippen LogP contribution in [0.5, 0.6) is 0 Å². The summed E-state index contributed by atoms with van der Waals surface area (Å²) in [6.45, 7) is 0.140. The van der Waals surface area contributed by atoms with E-state index in [1.54, 1.807) is 12.1 Å². The third kappa shape index (κ3) is 2.17. The maximum atomic E-state index is 11.5. The summed E-state index contributed by atoms with van der Waals surface area (Å²) < 4.78 is 1.14. The van der Waals surface area contributed by atoms with Gasteiger partial charge in [0, 0.05) is 6.04 Å². The van der Waals surface area contributed by atoms with E-state index < -0.39 is 5.69 Å². The average molecular weight is 248 g/mol. The van der Waals surface area contributed by atoms with Gasteiger partial charge in [-0.1, -0.05) is 0 Å². The molecule has 1 fully saturated rings. The van der Waals surface area contributed by atoms with Crippen LogP contribution in [-0.2, 0) is 4.79 Å². The molecule has 18 heavy (non-hydrogen) atoms. The minimum atomic E-state index is -0.406. The molecule has 1 aliphatic rings. The smallest absolute Gasteiger partial charge is 0.360 e. The maximum Gasteiger partial charge on any atom is 0.364 e. The van der Waals surface area contributed by atoms with Gasteiger partial charge in [0.1, 0.15) is 5.82 Å². The van der Waals surface area contributed by atoms with Crippen LogP contribution in [0.1, 0.15) is 12.8 Å². The molecule has 0 spiro atoms. The number of nitrogens with one attached hydrogen (secondary N) is 3. The summed E-state index contributed by atoms with van der Waals surface area (Å²) in [6.07, 6.45) is 2.11. The first-order valence-corrected chi connectivity index (χ1v) is 5.70. The first-order chi connectivity index (χ1) is 8.72. The van der Waals surface area contributed by atoms with E-state index in [1.807, 2.05) is 0 Å². The first-order valence-electron chi connectivity index (χ1n) is 5.70. The van der Waals surface area contributed by atoms with E-state index in [4.69, 9.17) is 0 Å². The van der Waals surface area contributed by atoms with Crippen molar-refractivity contribution in [1.82, 2.24) is 25.1 Å². The number of aromatic amines is 1. The zero-order valence-electron chi connectivity index (χ0n) is 9.51. The fraction of sp³-hybridized carbons (Fsp3) is 0.400. The van der Waals surface area contributed by atoms with Crippen LogP contribution >= 0.6 is 0 Å². The lowest BCUT2D eigenvalue weighted by Gasteiger charge is -2.05. The van der Waals surface area contributed by atoms with Gasteiger partial charge in [0.15, 0.2) is 5.65 Å². The van der Waals surface area contributed by atoms with Crippen LogP contribution in [0.4, 0.5) is 5.82 Å². The van der Waals surface area contributed by atoms with Crippen LogP contribution in [0, 0.1) is 0 Å². The largest absolute Gasteiger partial charge is 0.364 e. The molecule has 0 aromatic carbocycles. The molecule has 3 N–H and O–H groups in total. The van der Waals surface area contributed by atoms with Crippen molar-refractivity contribution in [3.8, 4) is 0 Å². The summed E-state index contributed by atoms with van der Waals surface area (Å²) >= 11 is 0. The minimum absolute atomic E-state index is 0.0704. The molecule has 0 radical (unpaired) electrons. The van der Waals surface area contributed by atoms with Crippen molar-refractivity contribution in [3.05, 3.63) is 22.6 Å². The van der Waals surface area contributed by atoms with Crippen LogP contribution in [0.25, 0.3) is 5.65 Å². The summed E-state index contributed by atoms with van der Waals surface area (Å²) in [5.41, 5.74) is 0.0315. The second-order valence-electron chi connectivity index (χ2n) is 4.21. The molecule has 0 atom stereocenters. The van der Waals surface area contributed by atoms with Crippen molar-refractivity contribution < 1.29 is 4.79 Å². The lowest BCUT2D eigenvalue weighted by atomic mass is 10.5. The average Bonchev–Trinajstić information content (AvgIpc) is 3.10. The molecule has 8 nitrogen and oxygen atoms in total. The molecule has 1 aliphatic carbocycles. The molecule has 2 aromatic heterocycles. The van der Waals surface area contributed by atoms with Gasteiger partial charge in [-0.3, -0.25) is 4.79 Å². The molecule has 0 bridgehead atoms. The van der Waals surface area contributed by atoms with Gasteiger partial charge in [0.2, 0.25) is 5.91 Å². The van der Waals surface area contributed by atoms with Gasteiger partial charge in [0.25, 0.3) is 0 Å². The summed E-state index contributed by atoms with van der Waals surface area (Å²) in [5, 5.41) is 15.8. The molecule has 3 rings (SSSR count). The number of fused-ring (bicyclic) bond motifs is 1. The number of hydrogen-bond acceptors (Lipinski definition) is 5. The quantitative estimate of drug-likeness (QED) is 0.651. The van der Waals surface area contributed by atoms with Crippen LogP contribution in [0.2, 0.25) is 0 Å². The topological polar surface area (TPSA) is 104 Å². The third-order valence-corrected chi connectivity index (χ3v) is 2.65. The number of nitrogens with zero attached hydrogens (tertiary/aromatic N) is 3. The van der Waals surface area contributed by atoms with E-state index >= 15 is 0 Å². The van der Waals surface area contributed by atoms with Crippen molar-refractivity contribution in [2.45, 2.75) is 18.9 Å². The Morgan fingerprint density at radius 3 is 3.11 bits per heavy atom. The summed E-state index contributed by atoms with van der Waals surface area (Å²) in [6, 6.07) is 3.65. The number of amides is 1. The second-order valence-corrected chi connectivity index (χ2v) is 4.21.